The van der Waals surface area contributed by atoms with Crippen LogP contribution in [-0.4, -0.2) is 41.1 Å². The first kappa shape index (κ1) is 14.4. The first-order chi connectivity index (χ1) is 8.04. The van der Waals surface area contributed by atoms with Gasteiger partial charge in [0.1, 0.15) is 0 Å². The number of nitrogens with zero attached hydrogens (tertiary/aromatic N) is 1. The number of hydrogen-bond acceptors (Lipinski definition) is 3. The molecule has 1 fully saturated rings. The lowest BCUT2D eigenvalue weighted by molar-refractivity contribution is -0.138. The second kappa shape index (κ2) is 6.31. The van der Waals surface area contributed by atoms with Crippen molar-refractivity contribution in [2.24, 2.45) is 11.1 Å². The molecule has 0 spiro atoms. The minimum atomic E-state index is -0.627. The summed E-state index contributed by atoms with van der Waals surface area (Å²) in [6, 6.07) is 0. The Morgan fingerprint density at radius 3 is 2.47 bits per heavy atom. The van der Waals surface area contributed by atoms with Crippen LogP contribution in [0.15, 0.2) is 0 Å². The molecule has 4 nitrogen and oxygen atoms in total. The lowest BCUT2D eigenvalue weighted by Crippen LogP contribution is -2.50. The van der Waals surface area contributed by atoms with Crippen molar-refractivity contribution in [3.63, 3.8) is 0 Å². The molecule has 1 amide bonds. The summed E-state index contributed by atoms with van der Waals surface area (Å²) in [6.07, 6.45) is 5.30. The summed E-state index contributed by atoms with van der Waals surface area (Å²) >= 11 is 5.12. The van der Waals surface area contributed by atoms with Crippen molar-refractivity contribution in [3.05, 3.63) is 0 Å². The molecule has 3 N–H and O–H groups in total. The lowest BCUT2D eigenvalue weighted by atomic mass is 9.73. The number of aliphatic hydroxyl groups excluding tert-OH is 1. The molecule has 5 heteroatoms. The fraction of sp³-hybridized carbons (Fsp3) is 0.833. The molecule has 1 aliphatic rings. The fourth-order valence-corrected chi connectivity index (χ4v) is 2.79. The Hall–Kier alpha value is -0.680. The van der Waals surface area contributed by atoms with Gasteiger partial charge in [-0.15, -0.1) is 0 Å². The zero-order valence-corrected chi connectivity index (χ0v) is 11.3. The van der Waals surface area contributed by atoms with Gasteiger partial charge in [-0.25, -0.2) is 0 Å². The minimum absolute atomic E-state index is 0.0261. The second-order valence-electron chi connectivity index (χ2n) is 4.81. The average Bonchev–Trinajstić information content (AvgIpc) is 2.35. The highest BCUT2D eigenvalue weighted by molar-refractivity contribution is 7.80. The van der Waals surface area contributed by atoms with Crippen LogP contribution in [-0.2, 0) is 4.79 Å². The van der Waals surface area contributed by atoms with Gasteiger partial charge < -0.3 is 15.7 Å². The molecule has 0 aliphatic heterocycles. The normalized spacial score (nSPS) is 18.7. The fourth-order valence-electron chi connectivity index (χ4n) is 2.50. The van der Waals surface area contributed by atoms with Gasteiger partial charge in [0.25, 0.3) is 0 Å². The SMILES string of the molecule is CN(CCCO)C(=O)C1(C(N)=S)CCCCC1. The van der Waals surface area contributed by atoms with Gasteiger partial charge in [0.05, 0.1) is 10.4 Å². The Labute approximate surface area is 108 Å². The van der Waals surface area contributed by atoms with Crippen LogP contribution in [0.25, 0.3) is 0 Å². The number of thiocarbonyl (C=S) groups is 1. The van der Waals surface area contributed by atoms with Crippen molar-refractivity contribution >= 4 is 23.1 Å². The zero-order chi connectivity index (χ0) is 12.9. The van der Waals surface area contributed by atoms with E-state index in [1.165, 1.54) is 0 Å². The number of amides is 1. The molecule has 0 unspecified atom stereocenters. The lowest BCUT2D eigenvalue weighted by Gasteiger charge is -2.37. The van der Waals surface area contributed by atoms with E-state index in [9.17, 15) is 4.79 Å². The van der Waals surface area contributed by atoms with E-state index in [2.05, 4.69) is 0 Å². The second-order valence-corrected chi connectivity index (χ2v) is 5.25. The monoisotopic (exact) mass is 258 g/mol. The Balaban J connectivity index is 2.76. The van der Waals surface area contributed by atoms with E-state index in [-0.39, 0.29) is 12.5 Å². The van der Waals surface area contributed by atoms with E-state index in [1.54, 1.807) is 11.9 Å². The number of rotatable bonds is 5. The van der Waals surface area contributed by atoms with Gasteiger partial charge in [-0.2, -0.15) is 0 Å². The van der Waals surface area contributed by atoms with Gasteiger partial charge in [0.15, 0.2) is 0 Å². The van der Waals surface area contributed by atoms with Gasteiger partial charge in [0, 0.05) is 20.2 Å². The van der Waals surface area contributed by atoms with Gasteiger partial charge in [-0.05, 0) is 19.3 Å². The van der Waals surface area contributed by atoms with Gasteiger partial charge in [-0.1, -0.05) is 31.5 Å². The van der Waals surface area contributed by atoms with Gasteiger partial charge in [-0.3, -0.25) is 4.79 Å². The maximum Gasteiger partial charge on any atom is 0.235 e. The van der Waals surface area contributed by atoms with Crippen LogP contribution in [0.3, 0.4) is 0 Å². The summed E-state index contributed by atoms with van der Waals surface area (Å²) in [5, 5.41) is 8.79. The molecule has 0 atom stereocenters. The van der Waals surface area contributed by atoms with Crippen molar-refractivity contribution < 1.29 is 9.90 Å². The smallest absolute Gasteiger partial charge is 0.235 e. The van der Waals surface area contributed by atoms with E-state index < -0.39 is 5.41 Å². The number of carbonyl (C=O) groups excluding carboxylic acids is 1. The zero-order valence-electron chi connectivity index (χ0n) is 10.4. The maximum absolute atomic E-state index is 12.4. The predicted molar refractivity (Wildman–Crippen MR) is 71.6 cm³/mol. The number of aliphatic hydroxyl groups is 1. The summed E-state index contributed by atoms with van der Waals surface area (Å²) in [5.41, 5.74) is 5.18. The Kier molecular flexibility index (Phi) is 5.33. The minimum Gasteiger partial charge on any atom is -0.396 e. The summed E-state index contributed by atoms with van der Waals surface area (Å²) < 4.78 is 0. The highest BCUT2D eigenvalue weighted by Crippen LogP contribution is 2.38. The van der Waals surface area contributed by atoms with E-state index in [0.29, 0.717) is 18.0 Å². The summed E-state index contributed by atoms with van der Waals surface area (Å²) in [5.74, 6) is 0.0261. The van der Waals surface area contributed by atoms with Gasteiger partial charge >= 0.3 is 0 Å². The Bertz CT molecular complexity index is 288. The van der Waals surface area contributed by atoms with Crippen LogP contribution in [0, 0.1) is 5.41 Å². The third-order valence-corrected chi connectivity index (χ3v) is 3.98. The molecule has 0 radical (unpaired) electrons. The molecule has 98 valence electrons. The summed E-state index contributed by atoms with van der Waals surface area (Å²) in [6.45, 7) is 0.650. The van der Waals surface area contributed by atoms with E-state index in [0.717, 1.165) is 32.1 Å². The summed E-state index contributed by atoms with van der Waals surface area (Å²) in [7, 11) is 1.76. The third-order valence-electron chi connectivity index (χ3n) is 3.59. The summed E-state index contributed by atoms with van der Waals surface area (Å²) in [4.78, 5) is 14.4. The maximum atomic E-state index is 12.4. The number of carbonyl (C=O) groups is 1. The standard InChI is InChI=1S/C12H22N2O2S/c1-14(8-5-9-15)11(16)12(10(13)17)6-3-2-4-7-12/h15H,2-9H2,1H3,(H2,13,17). The molecule has 1 rings (SSSR count). The van der Waals surface area contributed by atoms with E-state index in [4.69, 9.17) is 23.1 Å². The molecule has 0 aromatic rings. The molecule has 1 aliphatic carbocycles. The molecule has 0 saturated heterocycles. The predicted octanol–water partition coefficient (Wildman–Crippen LogP) is 1.06. The van der Waals surface area contributed by atoms with Crippen molar-refractivity contribution in [2.45, 2.75) is 38.5 Å². The first-order valence-corrected chi connectivity index (χ1v) is 6.62. The van der Waals surface area contributed by atoms with Crippen LogP contribution in [0.4, 0.5) is 0 Å². The average molecular weight is 258 g/mol. The third kappa shape index (κ3) is 3.16. The van der Waals surface area contributed by atoms with Crippen LogP contribution in [0.5, 0.6) is 0 Å². The van der Waals surface area contributed by atoms with Crippen molar-refractivity contribution in [1.82, 2.24) is 4.90 Å². The van der Waals surface area contributed by atoms with Crippen LogP contribution in [0.1, 0.15) is 38.5 Å². The largest absolute Gasteiger partial charge is 0.396 e. The molecule has 0 heterocycles. The van der Waals surface area contributed by atoms with Crippen molar-refractivity contribution in [2.75, 3.05) is 20.2 Å². The van der Waals surface area contributed by atoms with Crippen LogP contribution in [0.2, 0.25) is 0 Å². The van der Waals surface area contributed by atoms with Crippen molar-refractivity contribution in [3.8, 4) is 0 Å². The van der Waals surface area contributed by atoms with Gasteiger partial charge in [0.2, 0.25) is 5.91 Å². The first-order valence-electron chi connectivity index (χ1n) is 6.21. The molecular weight excluding hydrogens is 236 g/mol. The molecule has 0 aromatic carbocycles. The Morgan fingerprint density at radius 2 is 2.00 bits per heavy atom. The van der Waals surface area contributed by atoms with Crippen LogP contribution < -0.4 is 5.73 Å². The molecule has 0 aromatic heterocycles. The van der Waals surface area contributed by atoms with Crippen LogP contribution >= 0.6 is 12.2 Å². The van der Waals surface area contributed by atoms with Crippen molar-refractivity contribution in [1.29, 1.82) is 0 Å². The highest BCUT2D eigenvalue weighted by Gasteiger charge is 2.43. The molecular formula is C12H22N2O2S. The quantitative estimate of drug-likeness (QED) is 0.724. The Morgan fingerprint density at radius 1 is 1.41 bits per heavy atom. The van der Waals surface area contributed by atoms with E-state index in [1.807, 2.05) is 0 Å². The molecule has 0 bridgehead atoms. The van der Waals surface area contributed by atoms with E-state index >= 15 is 0 Å². The highest BCUT2D eigenvalue weighted by atomic mass is 32.1. The molecule has 1 saturated carbocycles. The topological polar surface area (TPSA) is 66.6 Å². The molecule has 17 heavy (non-hydrogen) atoms. The number of nitrogens with two attached hydrogens (primary N) is 1. The number of hydrogen-bond donors (Lipinski definition) is 2.